The molecule has 2 saturated heterocycles. The van der Waals surface area contributed by atoms with Crippen LogP contribution < -0.4 is 0 Å². The molecule has 0 N–H and O–H groups in total. The van der Waals surface area contributed by atoms with E-state index in [1.54, 1.807) is 23.9 Å². The van der Waals surface area contributed by atoms with Crippen molar-refractivity contribution in [3.05, 3.63) is 24.8 Å². The van der Waals surface area contributed by atoms with Crippen LogP contribution in [0.15, 0.2) is 24.8 Å². The minimum absolute atomic E-state index is 0.300. The van der Waals surface area contributed by atoms with E-state index in [1.165, 1.54) is 16.9 Å². The Labute approximate surface area is 164 Å². The van der Waals surface area contributed by atoms with E-state index < -0.39 is 36.3 Å². The van der Waals surface area contributed by atoms with Crippen LogP contribution in [0.1, 0.15) is 27.0 Å². The van der Waals surface area contributed by atoms with Crippen LogP contribution in [0.4, 0.5) is 0 Å². The first-order valence-corrected chi connectivity index (χ1v) is 9.22. The van der Waals surface area contributed by atoms with E-state index >= 15 is 0 Å². The molecule has 3 aromatic rings. The van der Waals surface area contributed by atoms with Gasteiger partial charge in [0.1, 0.15) is 24.6 Å². The highest BCUT2D eigenvalue weighted by molar-refractivity contribution is 5.84. The maximum Gasteiger partial charge on any atom is 0.330 e. The Morgan fingerprint density at radius 2 is 2.07 bits per heavy atom. The predicted octanol–water partition coefficient (Wildman–Crippen LogP) is 0.406. The van der Waals surface area contributed by atoms with Gasteiger partial charge < -0.3 is 18.9 Å². The van der Waals surface area contributed by atoms with Gasteiger partial charge in [-0.1, -0.05) is 0 Å². The number of esters is 1. The first-order chi connectivity index (χ1) is 14.0. The minimum Gasteiger partial charge on any atom is -0.463 e. The number of rotatable bonds is 4. The Morgan fingerprint density at radius 3 is 2.90 bits per heavy atom. The molecule has 29 heavy (non-hydrogen) atoms. The fraction of sp³-hybridized carbons (Fsp3) is 0.529. The third kappa shape index (κ3) is 2.96. The average Bonchev–Trinajstić information content (AvgIpc) is 3.41. The van der Waals surface area contributed by atoms with Crippen LogP contribution in [0.2, 0.25) is 0 Å². The Morgan fingerprint density at radius 1 is 1.24 bits per heavy atom. The second kappa shape index (κ2) is 6.54. The second-order valence-corrected chi connectivity index (χ2v) is 7.18. The monoisotopic (exact) mass is 401 g/mol. The summed E-state index contributed by atoms with van der Waals surface area (Å²) in [6.07, 6.45) is 4.20. The number of tetrazole rings is 1. The fourth-order valence-corrected chi connectivity index (χ4v) is 3.71. The Balaban J connectivity index is 1.51. The molecule has 152 valence electrons. The Bertz CT molecular complexity index is 1110. The number of carbonyl (C=O) groups is 1. The lowest BCUT2D eigenvalue weighted by molar-refractivity contribution is -0.191. The van der Waals surface area contributed by atoms with Crippen LogP contribution in [0, 0.1) is 0 Å². The average molecular weight is 401 g/mol. The van der Waals surface area contributed by atoms with Crippen molar-refractivity contribution in [1.29, 1.82) is 0 Å². The Hall–Kier alpha value is -2.96. The van der Waals surface area contributed by atoms with E-state index in [2.05, 4.69) is 25.5 Å². The smallest absolute Gasteiger partial charge is 0.330 e. The molecular weight excluding hydrogens is 382 g/mol. The molecule has 0 bridgehead atoms. The lowest BCUT2D eigenvalue weighted by Gasteiger charge is -2.23. The van der Waals surface area contributed by atoms with Gasteiger partial charge in [-0.15, -0.1) is 5.10 Å². The van der Waals surface area contributed by atoms with E-state index in [0.29, 0.717) is 23.4 Å². The summed E-state index contributed by atoms with van der Waals surface area (Å²) in [5.41, 5.74) is 1.59. The molecule has 0 aliphatic carbocycles. The summed E-state index contributed by atoms with van der Waals surface area (Å²) >= 11 is 0. The molecule has 0 saturated carbocycles. The molecule has 0 amide bonds. The number of aromatic nitrogens is 7. The number of hydrogen-bond donors (Lipinski definition) is 0. The van der Waals surface area contributed by atoms with Crippen molar-refractivity contribution in [3.8, 4) is 0 Å². The first-order valence-electron chi connectivity index (χ1n) is 9.22. The normalized spacial score (nSPS) is 28.5. The summed E-state index contributed by atoms with van der Waals surface area (Å²) in [4.78, 5) is 20.5. The molecule has 12 nitrogen and oxygen atoms in total. The lowest BCUT2D eigenvalue weighted by Crippen LogP contribution is -2.28. The quantitative estimate of drug-likeness (QED) is 0.448. The second-order valence-electron chi connectivity index (χ2n) is 7.18. The molecule has 2 fully saturated rings. The number of imidazole rings is 1. The van der Waals surface area contributed by atoms with Crippen LogP contribution in [0.5, 0.6) is 0 Å². The van der Waals surface area contributed by atoms with Gasteiger partial charge in [0.05, 0.1) is 12.9 Å². The molecule has 4 atom stereocenters. The molecule has 12 heteroatoms. The highest BCUT2D eigenvalue weighted by atomic mass is 16.8. The zero-order valence-electron chi connectivity index (χ0n) is 16.0. The zero-order valence-corrected chi connectivity index (χ0v) is 16.0. The van der Waals surface area contributed by atoms with Gasteiger partial charge in [-0.25, -0.2) is 14.8 Å². The number of carbonyl (C=O) groups excluding carboxylic acids is 1. The molecular formula is C17H19N7O5. The van der Waals surface area contributed by atoms with Crippen LogP contribution in [0.25, 0.3) is 16.8 Å². The van der Waals surface area contributed by atoms with Gasteiger partial charge in [-0.05, 0) is 37.3 Å². The topological polar surface area (TPSA) is 128 Å². The summed E-state index contributed by atoms with van der Waals surface area (Å²) in [7, 11) is 0. The highest BCUT2D eigenvalue weighted by Crippen LogP contribution is 2.44. The van der Waals surface area contributed by atoms with Crippen molar-refractivity contribution < 1.29 is 23.7 Å². The standard InChI is InChI=1S/C17H19N7O5/c1-4-26-10(25)6-5-9-12-13(29-17(2,3)28-12)16(27-9)23-7-18-11-14(23)19-8-24-15(11)20-21-22-24/h5-9,12-13,16H,4H2,1-3H3/b6-5+/t9-,12-,13-,16-/m1/s1. The SMILES string of the molecule is CCOC(=O)/C=C/[C@H]1O[C@@H](n2cnc3c2ncn2nnnc32)[C@@H]2OC(C)(C)O[C@@H]21. The van der Waals surface area contributed by atoms with Gasteiger partial charge in [-0.2, -0.15) is 4.52 Å². The summed E-state index contributed by atoms with van der Waals surface area (Å²) in [5.74, 6) is -1.23. The maximum atomic E-state index is 11.7. The molecule has 3 aromatic heterocycles. The van der Waals surface area contributed by atoms with Gasteiger partial charge in [-0.3, -0.25) is 4.57 Å². The molecule has 0 aromatic carbocycles. The third-order valence-corrected chi connectivity index (χ3v) is 4.81. The largest absolute Gasteiger partial charge is 0.463 e. The van der Waals surface area contributed by atoms with E-state index in [0.717, 1.165) is 0 Å². The zero-order chi connectivity index (χ0) is 20.2. The van der Waals surface area contributed by atoms with Crippen molar-refractivity contribution in [2.45, 2.75) is 51.1 Å². The van der Waals surface area contributed by atoms with Gasteiger partial charge in [0, 0.05) is 6.08 Å². The van der Waals surface area contributed by atoms with E-state index in [1.807, 2.05) is 13.8 Å². The maximum absolute atomic E-state index is 11.7. The molecule has 0 unspecified atom stereocenters. The van der Waals surface area contributed by atoms with E-state index in [-0.39, 0.29) is 0 Å². The van der Waals surface area contributed by atoms with Crippen molar-refractivity contribution in [3.63, 3.8) is 0 Å². The third-order valence-electron chi connectivity index (χ3n) is 4.81. The first kappa shape index (κ1) is 18.1. The fourth-order valence-electron chi connectivity index (χ4n) is 3.71. The van der Waals surface area contributed by atoms with Crippen molar-refractivity contribution in [2.75, 3.05) is 6.61 Å². The summed E-state index contributed by atoms with van der Waals surface area (Å²) < 4.78 is 26.5. The van der Waals surface area contributed by atoms with Gasteiger partial charge in [0.15, 0.2) is 23.2 Å². The van der Waals surface area contributed by atoms with Crippen LogP contribution in [0.3, 0.4) is 0 Å². The predicted molar refractivity (Wildman–Crippen MR) is 95.4 cm³/mol. The molecule has 2 aliphatic heterocycles. The van der Waals surface area contributed by atoms with Crippen molar-refractivity contribution >= 4 is 22.8 Å². The van der Waals surface area contributed by atoms with Crippen LogP contribution >= 0.6 is 0 Å². The molecule has 2 aliphatic rings. The Kier molecular flexibility index (Phi) is 4.08. The molecule has 0 radical (unpaired) electrons. The van der Waals surface area contributed by atoms with Crippen molar-refractivity contribution in [2.24, 2.45) is 0 Å². The number of ether oxygens (including phenoxy) is 4. The van der Waals surface area contributed by atoms with Crippen LogP contribution in [-0.2, 0) is 23.7 Å². The number of nitrogens with zero attached hydrogens (tertiary/aromatic N) is 7. The van der Waals surface area contributed by atoms with Crippen molar-refractivity contribution in [1.82, 2.24) is 34.6 Å². The lowest BCUT2D eigenvalue weighted by atomic mass is 10.1. The van der Waals surface area contributed by atoms with Gasteiger partial charge in [0.2, 0.25) is 5.65 Å². The molecule has 5 rings (SSSR count). The summed E-state index contributed by atoms with van der Waals surface area (Å²) in [6, 6.07) is 0. The minimum atomic E-state index is -0.790. The summed E-state index contributed by atoms with van der Waals surface area (Å²) in [5, 5.41) is 11.5. The number of fused-ring (bicyclic) bond motifs is 4. The van der Waals surface area contributed by atoms with E-state index in [9.17, 15) is 4.79 Å². The molecule has 5 heterocycles. The highest BCUT2D eigenvalue weighted by Gasteiger charge is 2.55. The van der Waals surface area contributed by atoms with Gasteiger partial charge in [0.25, 0.3) is 0 Å². The summed E-state index contributed by atoms with van der Waals surface area (Å²) in [6.45, 7) is 5.72. The molecule has 0 spiro atoms. The van der Waals surface area contributed by atoms with Crippen LogP contribution in [-0.4, -0.2) is 71.3 Å². The number of hydrogen-bond acceptors (Lipinski definition) is 10. The van der Waals surface area contributed by atoms with E-state index in [4.69, 9.17) is 18.9 Å². The van der Waals surface area contributed by atoms with Gasteiger partial charge >= 0.3 is 5.97 Å².